The Labute approximate surface area is 130 Å². The molecule has 2 heterocycles. The van der Waals surface area contributed by atoms with Gasteiger partial charge in [0.1, 0.15) is 0 Å². The van der Waals surface area contributed by atoms with Gasteiger partial charge >= 0.3 is 0 Å². The van der Waals surface area contributed by atoms with Crippen LogP contribution in [0.2, 0.25) is 0 Å². The lowest BCUT2D eigenvalue weighted by Crippen LogP contribution is -2.39. The molecule has 0 aliphatic heterocycles. The maximum atomic E-state index is 11.9. The van der Waals surface area contributed by atoms with Crippen molar-refractivity contribution in [2.24, 2.45) is 0 Å². The Morgan fingerprint density at radius 2 is 2.14 bits per heavy atom. The molecule has 0 aromatic carbocycles. The second-order valence-electron chi connectivity index (χ2n) is 5.72. The Balaban J connectivity index is 1.79. The minimum Gasteiger partial charge on any atom is -0.338 e. The van der Waals surface area contributed by atoms with Crippen molar-refractivity contribution in [1.29, 1.82) is 0 Å². The van der Waals surface area contributed by atoms with Gasteiger partial charge in [0.2, 0.25) is 11.8 Å². The summed E-state index contributed by atoms with van der Waals surface area (Å²) in [6.07, 6.45) is 3.65. The van der Waals surface area contributed by atoms with E-state index < -0.39 is 0 Å². The number of nitrogens with one attached hydrogen (secondary N) is 2. The molecule has 0 unspecified atom stereocenters. The largest absolute Gasteiger partial charge is 0.338 e. The van der Waals surface area contributed by atoms with E-state index in [1.807, 2.05) is 44.6 Å². The van der Waals surface area contributed by atoms with Gasteiger partial charge in [0, 0.05) is 24.5 Å². The number of rotatable bonds is 7. The molecule has 22 heavy (non-hydrogen) atoms. The fraction of sp³-hybridized carbons (Fsp3) is 0.533. The lowest BCUT2D eigenvalue weighted by Gasteiger charge is -2.21. The second kappa shape index (κ2) is 7.22. The first-order valence-corrected chi connectivity index (χ1v) is 7.46. The number of hydrogen-bond donors (Lipinski definition) is 2. The first-order valence-electron chi connectivity index (χ1n) is 7.46. The maximum absolute atomic E-state index is 11.9. The van der Waals surface area contributed by atoms with Gasteiger partial charge < -0.3 is 9.84 Å². The number of carbonyl (C=O) groups is 1. The third-order valence-electron chi connectivity index (χ3n) is 3.63. The molecule has 7 nitrogen and oxygen atoms in total. The molecule has 0 saturated carbocycles. The molecule has 2 aromatic rings. The number of nitrogens with zero attached hydrogens (tertiary/aromatic N) is 3. The van der Waals surface area contributed by atoms with Crippen LogP contribution in [0.15, 0.2) is 29.0 Å². The van der Waals surface area contributed by atoms with Gasteiger partial charge in [-0.2, -0.15) is 5.10 Å². The van der Waals surface area contributed by atoms with E-state index in [0.717, 1.165) is 5.69 Å². The molecule has 0 aliphatic carbocycles. The van der Waals surface area contributed by atoms with Gasteiger partial charge in [0.05, 0.1) is 18.3 Å². The first kappa shape index (κ1) is 16.2. The Kier molecular flexibility index (Phi) is 5.32. The zero-order valence-electron chi connectivity index (χ0n) is 13.4. The van der Waals surface area contributed by atoms with E-state index in [9.17, 15) is 4.79 Å². The van der Waals surface area contributed by atoms with Crippen LogP contribution < -0.4 is 10.6 Å². The van der Waals surface area contributed by atoms with Crippen molar-refractivity contribution >= 4 is 11.8 Å². The average molecular weight is 305 g/mol. The Morgan fingerprint density at radius 3 is 2.73 bits per heavy atom. The van der Waals surface area contributed by atoms with E-state index in [4.69, 9.17) is 4.52 Å². The van der Waals surface area contributed by atoms with E-state index >= 15 is 0 Å². The molecule has 7 heteroatoms. The summed E-state index contributed by atoms with van der Waals surface area (Å²) >= 11 is 0. The summed E-state index contributed by atoms with van der Waals surface area (Å²) in [5.74, 6) is 0.483. The fourth-order valence-corrected chi connectivity index (χ4v) is 1.98. The third kappa shape index (κ3) is 4.17. The van der Waals surface area contributed by atoms with Crippen LogP contribution in [0, 0.1) is 0 Å². The van der Waals surface area contributed by atoms with E-state index in [-0.39, 0.29) is 30.5 Å². The molecule has 2 aromatic heterocycles. The zero-order chi connectivity index (χ0) is 16.1. The highest BCUT2D eigenvalue weighted by Crippen LogP contribution is 2.17. The summed E-state index contributed by atoms with van der Waals surface area (Å²) in [4.78, 5) is 11.9. The van der Waals surface area contributed by atoms with Gasteiger partial charge in [-0.1, -0.05) is 19.0 Å². The van der Waals surface area contributed by atoms with Gasteiger partial charge in [0.15, 0.2) is 0 Å². The second-order valence-corrected chi connectivity index (χ2v) is 5.72. The van der Waals surface area contributed by atoms with E-state index in [1.54, 1.807) is 12.3 Å². The molecule has 0 saturated heterocycles. The topological polar surface area (TPSA) is 85.0 Å². The molecule has 2 N–H and O–H groups in total. The zero-order valence-corrected chi connectivity index (χ0v) is 13.4. The Bertz CT molecular complexity index is 591. The summed E-state index contributed by atoms with van der Waals surface area (Å²) in [6, 6.07) is 3.89. The minimum absolute atomic E-state index is 0.103. The molecular weight excluding hydrogens is 282 g/mol. The van der Waals surface area contributed by atoms with Crippen LogP contribution in [0.3, 0.4) is 0 Å². The van der Waals surface area contributed by atoms with Crippen LogP contribution in [0.1, 0.15) is 45.3 Å². The molecule has 0 radical (unpaired) electrons. The number of hydrogen-bond acceptors (Lipinski definition) is 5. The van der Waals surface area contributed by atoms with Gasteiger partial charge in [0.25, 0.3) is 0 Å². The van der Waals surface area contributed by atoms with Crippen molar-refractivity contribution in [1.82, 2.24) is 20.3 Å². The van der Waals surface area contributed by atoms with Crippen molar-refractivity contribution in [3.8, 4) is 0 Å². The molecular formula is C15H23N5O2. The minimum atomic E-state index is -0.161. The summed E-state index contributed by atoms with van der Waals surface area (Å²) in [5, 5.41) is 14.0. The molecule has 2 rings (SSSR count). The van der Waals surface area contributed by atoms with Gasteiger partial charge in [-0.05, 0) is 25.8 Å². The van der Waals surface area contributed by atoms with Crippen LogP contribution in [-0.2, 0) is 4.79 Å². The molecule has 2 atom stereocenters. The number of anilines is 1. The molecule has 1 amide bonds. The monoisotopic (exact) mass is 305 g/mol. The first-order chi connectivity index (χ1) is 10.5. The smallest absolute Gasteiger partial charge is 0.240 e. The average Bonchev–Trinajstić information content (AvgIpc) is 3.15. The van der Waals surface area contributed by atoms with Crippen molar-refractivity contribution in [3.05, 3.63) is 30.2 Å². The lowest BCUT2D eigenvalue weighted by molar-refractivity contribution is -0.115. The maximum Gasteiger partial charge on any atom is 0.240 e. The summed E-state index contributed by atoms with van der Waals surface area (Å²) < 4.78 is 6.95. The molecule has 0 fully saturated rings. The Morgan fingerprint density at radius 1 is 1.36 bits per heavy atom. The van der Waals surface area contributed by atoms with Crippen LogP contribution >= 0.6 is 0 Å². The third-order valence-corrected chi connectivity index (χ3v) is 3.63. The predicted molar refractivity (Wildman–Crippen MR) is 83.6 cm³/mol. The predicted octanol–water partition coefficient (Wildman–Crippen LogP) is 2.17. The summed E-state index contributed by atoms with van der Waals surface area (Å²) in [6.45, 7) is 8.30. The SMILES string of the molecule is CC(C)c1cc(NC(=O)CN[C@H](C)[C@H](C)n2cccn2)on1. The highest BCUT2D eigenvalue weighted by molar-refractivity contribution is 5.90. The van der Waals surface area contributed by atoms with Crippen LogP contribution in [-0.4, -0.2) is 33.4 Å². The van der Waals surface area contributed by atoms with E-state index in [1.165, 1.54) is 0 Å². The van der Waals surface area contributed by atoms with Crippen molar-refractivity contribution < 1.29 is 9.32 Å². The van der Waals surface area contributed by atoms with Crippen molar-refractivity contribution in [2.75, 3.05) is 11.9 Å². The molecule has 120 valence electrons. The van der Waals surface area contributed by atoms with Crippen LogP contribution in [0.4, 0.5) is 5.88 Å². The summed E-state index contributed by atoms with van der Waals surface area (Å²) in [7, 11) is 0. The normalized spacial score (nSPS) is 14.0. The standard InChI is InChI=1S/C15H23N5O2/c1-10(2)13-8-15(22-19-13)18-14(21)9-16-11(3)12(4)20-7-5-6-17-20/h5-8,10-12,16H,9H2,1-4H3,(H,18,21)/t11-,12+/m1/s1. The molecule has 0 bridgehead atoms. The van der Waals surface area contributed by atoms with Gasteiger partial charge in [-0.15, -0.1) is 0 Å². The molecule has 0 aliphatic rings. The Hall–Kier alpha value is -2.15. The quantitative estimate of drug-likeness (QED) is 0.819. The van der Waals surface area contributed by atoms with E-state index in [0.29, 0.717) is 5.88 Å². The van der Waals surface area contributed by atoms with Gasteiger partial charge in [-0.3, -0.25) is 14.8 Å². The highest BCUT2D eigenvalue weighted by atomic mass is 16.5. The van der Waals surface area contributed by atoms with Crippen molar-refractivity contribution in [2.45, 2.75) is 45.7 Å². The number of carbonyl (C=O) groups excluding carboxylic acids is 1. The summed E-state index contributed by atoms with van der Waals surface area (Å²) in [5.41, 5.74) is 0.823. The number of aromatic nitrogens is 3. The highest BCUT2D eigenvalue weighted by Gasteiger charge is 2.16. The van der Waals surface area contributed by atoms with E-state index in [2.05, 4.69) is 20.9 Å². The molecule has 0 spiro atoms. The van der Waals surface area contributed by atoms with Crippen LogP contribution in [0.5, 0.6) is 0 Å². The fourth-order valence-electron chi connectivity index (χ4n) is 1.98. The number of amides is 1. The van der Waals surface area contributed by atoms with Crippen molar-refractivity contribution in [3.63, 3.8) is 0 Å². The lowest BCUT2D eigenvalue weighted by atomic mass is 10.1. The van der Waals surface area contributed by atoms with Crippen LogP contribution in [0.25, 0.3) is 0 Å². The van der Waals surface area contributed by atoms with Gasteiger partial charge in [-0.25, -0.2) is 0 Å².